The lowest BCUT2D eigenvalue weighted by Gasteiger charge is -1.95. The third kappa shape index (κ3) is 27.6. The maximum atomic E-state index is 8.36. The van der Waals surface area contributed by atoms with Crippen LogP contribution in [0.5, 0.6) is 0 Å². The Morgan fingerprint density at radius 3 is 2.36 bits per heavy atom. The molecule has 66 valence electrons. The number of nitrogens with two attached hydrogens (primary N) is 1. The van der Waals surface area contributed by atoms with E-state index in [0.717, 1.165) is 0 Å². The van der Waals surface area contributed by atoms with E-state index in [2.05, 4.69) is 0 Å². The molecule has 0 aromatic carbocycles. The first-order valence-electron chi connectivity index (χ1n) is 3.22. The van der Waals surface area contributed by atoms with E-state index in [-0.39, 0.29) is 6.47 Å². The maximum Gasteiger partial charge on any atom is 0.290 e. The summed E-state index contributed by atoms with van der Waals surface area (Å²) in [6.07, 6.45) is 1.72. The van der Waals surface area contributed by atoms with Crippen molar-refractivity contribution in [3.63, 3.8) is 0 Å². The molecule has 4 nitrogen and oxygen atoms in total. The topological polar surface area (TPSA) is 72.5 Å². The van der Waals surface area contributed by atoms with Gasteiger partial charge in [0, 0.05) is 6.54 Å². The SMILES string of the molecule is CC(C)=COCCN.O=CO. The van der Waals surface area contributed by atoms with E-state index in [0.29, 0.717) is 13.2 Å². The summed E-state index contributed by atoms with van der Waals surface area (Å²) in [5.74, 6) is 0. The molecule has 11 heavy (non-hydrogen) atoms. The maximum absolute atomic E-state index is 8.36. The monoisotopic (exact) mass is 161 g/mol. The molecular weight excluding hydrogens is 146 g/mol. The number of carbonyl (C=O) groups is 1. The van der Waals surface area contributed by atoms with Gasteiger partial charge in [0.15, 0.2) is 0 Å². The summed E-state index contributed by atoms with van der Waals surface area (Å²) in [6.45, 7) is 4.92. The van der Waals surface area contributed by atoms with Crippen molar-refractivity contribution in [3.8, 4) is 0 Å². The Balaban J connectivity index is 0. The van der Waals surface area contributed by atoms with Gasteiger partial charge < -0.3 is 15.6 Å². The Bertz CT molecular complexity index is 108. The van der Waals surface area contributed by atoms with E-state index < -0.39 is 0 Å². The fourth-order valence-electron chi connectivity index (χ4n) is 0.294. The second kappa shape index (κ2) is 11.7. The number of hydrogen-bond donors (Lipinski definition) is 2. The number of rotatable bonds is 3. The first-order valence-corrected chi connectivity index (χ1v) is 3.22. The predicted molar refractivity (Wildman–Crippen MR) is 43.1 cm³/mol. The van der Waals surface area contributed by atoms with Gasteiger partial charge in [0.2, 0.25) is 0 Å². The predicted octanol–water partition coefficient (Wildman–Crippen LogP) is 0.586. The van der Waals surface area contributed by atoms with Crippen molar-refractivity contribution in [3.05, 3.63) is 11.8 Å². The molecule has 4 heteroatoms. The molecule has 0 saturated carbocycles. The Labute approximate surface area is 66.7 Å². The molecule has 0 amide bonds. The molecule has 0 aromatic heterocycles. The van der Waals surface area contributed by atoms with Crippen molar-refractivity contribution < 1.29 is 14.6 Å². The Morgan fingerprint density at radius 2 is 2.09 bits per heavy atom. The van der Waals surface area contributed by atoms with Crippen LogP contribution in [0.4, 0.5) is 0 Å². The standard InChI is InChI=1S/C6H13NO.CH2O2/c1-6(2)5-8-4-3-7;2-1-3/h5H,3-4,7H2,1-2H3;1H,(H,2,3). The van der Waals surface area contributed by atoms with Gasteiger partial charge in [-0.05, 0) is 19.4 Å². The molecule has 0 rings (SSSR count). The molecule has 0 aliphatic rings. The molecule has 0 aliphatic heterocycles. The second-order valence-electron chi connectivity index (χ2n) is 1.96. The molecule has 0 spiro atoms. The van der Waals surface area contributed by atoms with Crippen LogP contribution in [0.3, 0.4) is 0 Å². The molecule has 0 fully saturated rings. The molecule has 0 saturated heterocycles. The van der Waals surface area contributed by atoms with Gasteiger partial charge in [0.05, 0.1) is 12.9 Å². The van der Waals surface area contributed by atoms with Crippen molar-refractivity contribution >= 4 is 6.47 Å². The third-order valence-corrected chi connectivity index (χ3v) is 0.555. The fourth-order valence-corrected chi connectivity index (χ4v) is 0.294. The highest BCUT2D eigenvalue weighted by atomic mass is 16.5. The quantitative estimate of drug-likeness (QED) is 0.361. The molecule has 3 N–H and O–H groups in total. The minimum Gasteiger partial charge on any atom is -0.500 e. The van der Waals surface area contributed by atoms with Gasteiger partial charge in [-0.2, -0.15) is 0 Å². The molecule has 0 bridgehead atoms. The lowest BCUT2D eigenvalue weighted by Crippen LogP contribution is -2.05. The van der Waals surface area contributed by atoms with E-state index in [1.807, 2.05) is 13.8 Å². The van der Waals surface area contributed by atoms with Crippen LogP contribution in [0, 0.1) is 0 Å². The van der Waals surface area contributed by atoms with Gasteiger partial charge in [-0.3, -0.25) is 4.79 Å². The minimum atomic E-state index is -0.250. The molecule has 0 unspecified atom stereocenters. The zero-order valence-electron chi connectivity index (χ0n) is 6.91. The summed E-state index contributed by atoms with van der Waals surface area (Å²) >= 11 is 0. The van der Waals surface area contributed by atoms with E-state index in [1.165, 1.54) is 5.57 Å². The van der Waals surface area contributed by atoms with E-state index >= 15 is 0 Å². The average Bonchev–Trinajstić information content (AvgIpc) is 1.89. The van der Waals surface area contributed by atoms with Crippen LogP contribution in [-0.4, -0.2) is 24.7 Å². The summed E-state index contributed by atoms with van der Waals surface area (Å²) in [4.78, 5) is 8.36. The van der Waals surface area contributed by atoms with Crippen LogP contribution in [0.1, 0.15) is 13.8 Å². The van der Waals surface area contributed by atoms with Crippen LogP contribution >= 0.6 is 0 Å². The Kier molecular flexibility index (Phi) is 13.5. The Morgan fingerprint density at radius 1 is 1.64 bits per heavy atom. The zero-order valence-corrected chi connectivity index (χ0v) is 6.91. The minimum absolute atomic E-state index is 0.250. The molecule has 0 heterocycles. The molecule has 0 radical (unpaired) electrons. The molecule has 0 aliphatic carbocycles. The number of ether oxygens (including phenoxy) is 1. The fraction of sp³-hybridized carbons (Fsp3) is 0.571. The molecule has 0 atom stereocenters. The van der Waals surface area contributed by atoms with Crippen molar-refractivity contribution in [2.24, 2.45) is 5.73 Å². The number of hydrogen-bond acceptors (Lipinski definition) is 3. The van der Waals surface area contributed by atoms with E-state index in [4.69, 9.17) is 20.4 Å². The highest BCUT2D eigenvalue weighted by molar-refractivity contribution is 5.32. The van der Waals surface area contributed by atoms with Crippen LogP contribution in [0.25, 0.3) is 0 Å². The van der Waals surface area contributed by atoms with E-state index in [1.54, 1.807) is 6.26 Å². The summed E-state index contributed by atoms with van der Waals surface area (Å²) < 4.78 is 4.96. The van der Waals surface area contributed by atoms with Crippen LogP contribution in [0.2, 0.25) is 0 Å². The average molecular weight is 161 g/mol. The molecule has 0 aromatic rings. The first kappa shape index (κ1) is 12.6. The van der Waals surface area contributed by atoms with Crippen molar-refractivity contribution in [2.45, 2.75) is 13.8 Å². The Hall–Kier alpha value is -1.03. The van der Waals surface area contributed by atoms with Crippen LogP contribution in [0.15, 0.2) is 11.8 Å². The number of carboxylic acid groups (broad SMARTS) is 1. The lowest BCUT2D eigenvalue weighted by molar-refractivity contribution is -0.122. The lowest BCUT2D eigenvalue weighted by atomic mass is 10.4. The van der Waals surface area contributed by atoms with Crippen LogP contribution < -0.4 is 5.73 Å². The van der Waals surface area contributed by atoms with Crippen molar-refractivity contribution in [1.82, 2.24) is 0 Å². The second-order valence-corrected chi connectivity index (χ2v) is 1.96. The smallest absolute Gasteiger partial charge is 0.290 e. The summed E-state index contributed by atoms with van der Waals surface area (Å²) in [7, 11) is 0. The van der Waals surface area contributed by atoms with Crippen molar-refractivity contribution in [2.75, 3.05) is 13.2 Å². The van der Waals surface area contributed by atoms with Gasteiger partial charge in [0.1, 0.15) is 0 Å². The summed E-state index contributed by atoms with van der Waals surface area (Å²) in [5.41, 5.74) is 6.33. The third-order valence-electron chi connectivity index (χ3n) is 0.555. The summed E-state index contributed by atoms with van der Waals surface area (Å²) in [5, 5.41) is 6.89. The van der Waals surface area contributed by atoms with Gasteiger partial charge in [-0.1, -0.05) is 0 Å². The zero-order chi connectivity index (χ0) is 9.11. The first-order chi connectivity index (χ1) is 5.18. The van der Waals surface area contributed by atoms with Crippen LogP contribution in [-0.2, 0) is 9.53 Å². The van der Waals surface area contributed by atoms with Crippen molar-refractivity contribution in [1.29, 1.82) is 0 Å². The van der Waals surface area contributed by atoms with E-state index in [9.17, 15) is 0 Å². The largest absolute Gasteiger partial charge is 0.500 e. The van der Waals surface area contributed by atoms with Gasteiger partial charge in [-0.15, -0.1) is 0 Å². The van der Waals surface area contributed by atoms with Gasteiger partial charge in [-0.25, -0.2) is 0 Å². The highest BCUT2D eigenvalue weighted by Crippen LogP contribution is 1.87. The van der Waals surface area contributed by atoms with Gasteiger partial charge in [0.25, 0.3) is 6.47 Å². The number of allylic oxidation sites excluding steroid dienone is 1. The summed E-state index contributed by atoms with van der Waals surface area (Å²) in [6, 6.07) is 0. The molecular formula is C7H15NO3. The highest BCUT2D eigenvalue weighted by Gasteiger charge is 1.76. The van der Waals surface area contributed by atoms with Gasteiger partial charge >= 0.3 is 0 Å². The normalized spacial score (nSPS) is 7.18.